The summed E-state index contributed by atoms with van der Waals surface area (Å²) in [5, 5.41) is 12.1. The van der Waals surface area contributed by atoms with Crippen LogP contribution in [0.5, 0.6) is 0 Å². The van der Waals surface area contributed by atoms with E-state index in [2.05, 4.69) is 5.32 Å². The standard InChI is InChI=1S/C17H21F3N2O3/c1-8-9(13-10(18)5-6-11(19)14(13)20)7-12(15(23)21-8)22(16(24)25)17(2,3)4/h5-6,8-9,12H,7H2,1-4H3,(H,21,23)(H,24,25)/t8-,9-,12+/m1/s1. The molecule has 0 aromatic heterocycles. The molecule has 1 aromatic carbocycles. The van der Waals surface area contributed by atoms with E-state index in [-0.39, 0.29) is 6.42 Å². The maximum Gasteiger partial charge on any atom is 0.408 e. The first kappa shape index (κ1) is 19.1. The summed E-state index contributed by atoms with van der Waals surface area (Å²) < 4.78 is 41.9. The summed E-state index contributed by atoms with van der Waals surface area (Å²) in [6, 6.07) is -0.299. The van der Waals surface area contributed by atoms with E-state index < -0.39 is 58.6 Å². The fourth-order valence-electron chi connectivity index (χ4n) is 3.33. The predicted octanol–water partition coefficient (Wildman–Crippen LogP) is 3.24. The molecule has 2 amide bonds. The van der Waals surface area contributed by atoms with E-state index in [0.29, 0.717) is 6.07 Å². The van der Waals surface area contributed by atoms with Gasteiger partial charge in [-0.15, -0.1) is 0 Å². The van der Waals surface area contributed by atoms with Crippen molar-refractivity contribution < 1.29 is 27.9 Å². The summed E-state index contributed by atoms with van der Waals surface area (Å²) in [7, 11) is 0. The molecule has 1 fully saturated rings. The lowest BCUT2D eigenvalue weighted by Crippen LogP contribution is -2.61. The van der Waals surface area contributed by atoms with Gasteiger partial charge in [0.25, 0.3) is 0 Å². The van der Waals surface area contributed by atoms with Crippen LogP contribution in [0.3, 0.4) is 0 Å². The second-order valence-electron chi connectivity index (χ2n) is 7.24. The van der Waals surface area contributed by atoms with Gasteiger partial charge in [-0.1, -0.05) is 0 Å². The van der Waals surface area contributed by atoms with Crippen molar-refractivity contribution in [3.05, 3.63) is 35.1 Å². The van der Waals surface area contributed by atoms with Crippen LogP contribution < -0.4 is 5.32 Å². The van der Waals surface area contributed by atoms with Crippen LogP contribution in [0, 0.1) is 17.5 Å². The van der Waals surface area contributed by atoms with E-state index in [1.54, 1.807) is 27.7 Å². The highest BCUT2D eigenvalue weighted by Gasteiger charge is 2.44. The van der Waals surface area contributed by atoms with Crippen molar-refractivity contribution in [2.24, 2.45) is 0 Å². The number of piperidine rings is 1. The van der Waals surface area contributed by atoms with Crippen molar-refractivity contribution in [1.82, 2.24) is 10.2 Å². The molecule has 1 aliphatic rings. The van der Waals surface area contributed by atoms with Crippen molar-refractivity contribution in [2.45, 2.75) is 57.7 Å². The molecule has 5 nitrogen and oxygen atoms in total. The Morgan fingerprint density at radius 3 is 2.32 bits per heavy atom. The molecule has 1 heterocycles. The third-order valence-corrected chi connectivity index (χ3v) is 4.44. The Morgan fingerprint density at radius 2 is 1.80 bits per heavy atom. The summed E-state index contributed by atoms with van der Waals surface area (Å²) in [5.74, 6) is -4.88. The highest BCUT2D eigenvalue weighted by molar-refractivity contribution is 5.87. The number of nitrogens with zero attached hydrogens (tertiary/aromatic N) is 1. The Hall–Kier alpha value is -2.25. The first-order chi connectivity index (χ1) is 11.4. The highest BCUT2D eigenvalue weighted by Crippen LogP contribution is 2.36. The number of benzene rings is 1. The van der Waals surface area contributed by atoms with E-state index in [1.165, 1.54) is 0 Å². The van der Waals surface area contributed by atoms with Crippen LogP contribution in [-0.4, -0.2) is 39.6 Å². The quantitative estimate of drug-likeness (QED) is 0.798. The molecule has 0 saturated carbocycles. The SMILES string of the molecule is C[C@H]1NC(=O)[C@@H](N(C(=O)O)C(C)(C)C)C[C@H]1c1c(F)ccc(F)c1F. The summed E-state index contributed by atoms with van der Waals surface area (Å²) in [4.78, 5) is 24.9. The summed E-state index contributed by atoms with van der Waals surface area (Å²) in [6.45, 7) is 6.39. The summed E-state index contributed by atoms with van der Waals surface area (Å²) in [5.41, 5.74) is -1.38. The van der Waals surface area contributed by atoms with Crippen molar-refractivity contribution in [2.75, 3.05) is 0 Å². The molecule has 0 radical (unpaired) electrons. The van der Waals surface area contributed by atoms with Crippen LogP contribution in [0.1, 0.15) is 45.6 Å². The number of carboxylic acid groups (broad SMARTS) is 1. The smallest absolute Gasteiger partial charge is 0.408 e. The van der Waals surface area contributed by atoms with E-state index in [0.717, 1.165) is 11.0 Å². The van der Waals surface area contributed by atoms with Gasteiger partial charge in [-0.3, -0.25) is 9.69 Å². The van der Waals surface area contributed by atoms with Gasteiger partial charge in [-0.2, -0.15) is 0 Å². The molecule has 25 heavy (non-hydrogen) atoms. The molecule has 1 aliphatic heterocycles. The average Bonchev–Trinajstić information content (AvgIpc) is 2.46. The monoisotopic (exact) mass is 358 g/mol. The van der Waals surface area contributed by atoms with Crippen LogP contribution in [0.2, 0.25) is 0 Å². The van der Waals surface area contributed by atoms with Gasteiger partial charge in [0.05, 0.1) is 0 Å². The first-order valence-corrected chi connectivity index (χ1v) is 7.91. The van der Waals surface area contributed by atoms with E-state index in [1.807, 2.05) is 0 Å². The van der Waals surface area contributed by atoms with Gasteiger partial charge in [0.15, 0.2) is 11.6 Å². The Labute approximate surface area is 143 Å². The Morgan fingerprint density at radius 1 is 1.24 bits per heavy atom. The topological polar surface area (TPSA) is 69.6 Å². The van der Waals surface area contributed by atoms with Gasteiger partial charge in [0.1, 0.15) is 11.9 Å². The highest BCUT2D eigenvalue weighted by atomic mass is 19.2. The molecule has 3 atom stereocenters. The molecular weight excluding hydrogens is 337 g/mol. The van der Waals surface area contributed by atoms with Crippen molar-refractivity contribution in [3.8, 4) is 0 Å². The van der Waals surface area contributed by atoms with Gasteiger partial charge in [0, 0.05) is 23.1 Å². The molecule has 0 bridgehead atoms. The van der Waals surface area contributed by atoms with Crippen LogP contribution in [0.25, 0.3) is 0 Å². The summed E-state index contributed by atoms with van der Waals surface area (Å²) >= 11 is 0. The molecule has 1 saturated heterocycles. The lowest BCUT2D eigenvalue weighted by Gasteiger charge is -2.44. The molecule has 8 heteroatoms. The second-order valence-corrected chi connectivity index (χ2v) is 7.24. The number of hydrogen-bond donors (Lipinski definition) is 2. The van der Waals surface area contributed by atoms with Crippen LogP contribution in [0.4, 0.5) is 18.0 Å². The normalized spacial score (nSPS) is 24.0. The van der Waals surface area contributed by atoms with E-state index in [4.69, 9.17) is 0 Å². The predicted molar refractivity (Wildman–Crippen MR) is 84.7 cm³/mol. The molecule has 0 aliphatic carbocycles. The minimum absolute atomic E-state index is 0.145. The maximum absolute atomic E-state index is 14.2. The molecule has 138 valence electrons. The zero-order valence-electron chi connectivity index (χ0n) is 14.4. The minimum atomic E-state index is -1.32. The Bertz CT molecular complexity index is 703. The molecule has 1 aromatic rings. The third-order valence-electron chi connectivity index (χ3n) is 4.44. The van der Waals surface area contributed by atoms with E-state index >= 15 is 0 Å². The van der Waals surface area contributed by atoms with Crippen LogP contribution in [0.15, 0.2) is 12.1 Å². The van der Waals surface area contributed by atoms with Gasteiger partial charge in [-0.05, 0) is 46.2 Å². The molecule has 2 rings (SSSR count). The molecule has 2 N–H and O–H groups in total. The number of rotatable bonds is 2. The average molecular weight is 358 g/mol. The van der Waals surface area contributed by atoms with Crippen LogP contribution >= 0.6 is 0 Å². The van der Waals surface area contributed by atoms with Crippen molar-refractivity contribution in [1.29, 1.82) is 0 Å². The van der Waals surface area contributed by atoms with Crippen molar-refractivity contribution in [3.63, 3.8) is 0 Å². The van der Waals surface area contributed by atoms with E-state index in [9.17, 15) is 27.9 Å². The Kier molecular flexibility index (Phi) is 5.02. The maximum atomic E-state index is 14.2. The number of carbonyl (C=O) groups is 2. The Balaban J connectivity index is 2.48. The largest absolute Gasteiger partial charge is 0.465 e. The zero-order valence-corrected chi connectivity index (χ0v) is 14.4. The van der Waals surface area contributed by atoms with Gasteiger partial charge >= 0.3 is 6.09 Å². The lowest BCUT2D eigenvalue weighted by molar-refractivity contribution is -0.131. The van der Waals surface area contributed by atoms with Gasteiger partial charge in [-0.25, -0.2) is 18.0 Å². The number of hydrogen-bond acceptors (Lipinski definition) is 2. The van der Waals surface area contributed by atoms with Gasteiger partial charge in [0.2, 0.25) is 5.91 Å². The fraction of sp³-hybridized carbons (Fsp3) is 0.529. The number of halogens is 3. The molecular formula is C17H21F3N2O3. The zero-order chi connectivity index (χ0) is 19.1. The number of nitrogens with one attached hydrogen (secondary N) is 1. The summed E-state index contributed by atoms with van der Waals surface area (Å²) in [6.07, 6.45) is -1.46. The fourth-order valence-corrected chi connectivity index (χ4v) is 3.33. The first-order valence-electron chi connectivity index (χ1n) is 7.91. The molecule has 0 unspecified atom stereocenters. The van der Waals surface area contributed by atoms with Gasteiger partial charge < -0.3 is 10.4 Å². The number of carbonyl (C=O) groups excluding carboxylic acids is 1. The van der Waals surface area contributed by atoms with Crippen molar-refractivity contribution >= 4 is 12.0 Å². The number of amides is 2. The third kappa shape index (κ3) is 3.57. The van der Waals surface area contributed by atoms with Crippen LogP contribution in [-0.2, 0) is 4.79 Å². The second kappa shape index (κ2) is 6.57. The lowest BCUT2D eigenvalue weighted by atomic mass is 9.81. The molecule has 0 spiro atoms. The minimum Gasteiger partial charge on any atom is -0.465 e.